The Hall–Kier alpha value is -1.99. The van der Waals surface area contributed by atoms with Gasteiger partial charge in [-0.3, -0.25) is 9.69 Å². The van der Waals surface area contributed by atoms with Crippen LogP contribution in [0.2, 0.25) is 0 Å². The number of nitrogens with one attached hydrogen (secondary N) is 1. The van der Waals surface area contributed by atoms with Crippen LogP contribution >= 0.6 is 0 Å². The van der Waals surface area contributed by atoms with E-state index in [2.05, 4.69) is 19.2 Å². The second-order valence-electron chi connectivity index (χ2n) is 7.37. The van der Waals surface area contributed by atoms with E-state index in [1.165, 1.54) is 6.07 Å². The molecule has 26 heavy (non-hydrogen) atoms. The third-order valence-electron chi connectivity index (χ3n) is 4.49. The molecular formula is C19H27FN2O4. The minimum atomic E-state index is -1.04. The molecule has 0 aliphatic carbocycles. The molecule has 1 fully saturated rings. The first-order chi connectivity index (χ1) is 12.2. The van der Waals surface area contributed by atoms with E-state index in [4.69, 9.17) is 4.74 Å². The molecule has 6 nitrogen and oxygen atoms in total. The summed E-state index contributed by atoms with van der Waals surface area (Å²) in [6.45, 7) is 5.57. The smallest absolute Gasteiger partial charge is 0.325 e. The van der Waals surface area contributed by atoms with Crippen LogP contribution in [0.3, 0.4) is 0 Å². The molecule has 0 radical (unpaired) electrons. The van der Waals surface area contributed by atoms with Gasteiger partial charge in [-0.1, -0.05) is 32.0 Å². The average molecular weight is 366 g/mol. The van der Waals surface area contributed by atoms with Gasteiger partial charge in [-0.05, 0) is 31.7 Å². The van der Waals surface area contributed by atoms with Crippen LogP contribution in [-0.2, 0) is 16.1 Å². The van der Waals surface area contributed by atoms with Crippen molar-refractivity contribution < 1.29 is 23.8 Å². The van der Waals surface area contributed by atoms with E-state index < -0.39 is 17.7 Å². The maximum Gasteiger partial charge on any atom is 0.325 e. The summed E-state index contributed by atoms with van der Waals surface area (Å²) < 4.78 is 18.8. The van der Waals surface area contributed by atoms with Crippen molar-refractivity contribution in [3.05, 3.63) is 35.6 Å². The standard InChI is InChI=1S/C19H27FN2O4/c1-13(2)8-9-19(3)17(24)22(18(25)21-19)10-15(23)12-26-11-14-6-4-5-7-16(14)20/h4-7,13,15,23H,8-12H2,1-3H3,(H,21,25)/t15-,19-/m0/s1. The minimum Gasteiger partial charge on any atom is -0.389 e. The Morgan fingerprint density at radius 1 is 1.31 bits per heavy atom. The lowest BCUT2D eigenvalue weighted by Crippen LogP contribution is -2.45. The average Bonchev–Trinajstić information content (AvgIpc) is 2.79. The van der Waals surface area contributed by atoms with Crippen LogP contribution in [0.25, 0.3) is 0 Å². The number of β-amino-alcohol motifs (C(OH)–C–C–N with tert-alkyl or cyclic N) is 1. The molecule has 0 bridgehead atoms. The molecule has 7 heteroatoms. The summed E-state index contributed by atoms with van der Waals surface area (Å²) in [6.07, 6.45) is 0.319. The first-order valence-electron chi connectivity index (χ1n) is 8.86. The second kappa shape index (κ2) is 8.60. The number of aliphatic hydroxyl groups is 1. The maximum absolute atomic E-state index is 13.5. The minimum absolute atomic E-state index is 0.00990. The van der Waals surface area contributed by atoms with Crippen LogP contribution in [0.5, 0.6) is 0 Å². The van der Waals surface area contributed by atoms with Crippen molar-refractivity contribution in [2.24, 2.45) is 5.92 Å². The maximum atomic E-state index is 13.5. The highest BCUT2D eigenvalue weighted by Crippen LogP contribution is 2.24. The van der Waals surface area contributed by atoms with Gasteiger partial charge in [-0.15, -0.1) is 0 Å². The highest BCUT2D eigenvalue weighted by molar-refractivity contribution is 6.06. The fourth-order valence-electron chi connectivity index (χ4n) is 2.84. The monoisotopic (exact) mass is 366 g/mol. The van der Waals surface area contributed by atoms with E-state index in [9.17, 15) is 19.1 Å². The van der Waals surface area contributed by atoms with Gasteiger partial charge in [0.15, 0.2) is 0 Å². The van der Waals surface area contributed by atoms with Crippen molar-refractivity contribution in [1.29, 1.82) is 0 Å². The van der Waals surface area contributed by atoms with E-state index in [1.807, 2.05) is 0 Å². The van der Waals surface area contributed by atoms with Crippen LogP contribution in [0, 0.1) is 11.7 Å². The van der Waals surface area contributed by atoms with Gasteiger partial charge in [0.05, 0.1) is 25.9 Å². The lowest BCUT2D eigenvalue weighted by atomic mass is 9.92. The number of hydrogen-bond donors (Lipinski definition) is 2. The van der Waals surface area contributed by atoms with Gasteiger partial charge in [-0.25, -0.2) is 9.18 Å². The van der Waals surface area contributed by atoms with E-state index in [0.29, 0.717) is 17.9 Å². The number of nitrogens with zero attached hydrogens (tertiary/aromatic N) is 1. The van der Waals surface area contributed by atoms with Gasteiger partial charge < -0.3 is 15.2 Å². The van der Waals surface area contributed by atoms with Crippen LogP contribution in [0.15, 0.2) is 24.3 Å². The number of amides is 3. The van der Waals surface area contributed by atoms with Crippen LogP contribution in [-0.4, -0.2) is 46.7 Å². The first-order valence-corrected chi connectivity index (χ1v) is 8.86. The van der Waals surface area contributed by atoms with Crippen molar-refractivity contribution in [2.45, 2.75) is 51.9 Å². The number of benzene rings is 1. The summed E-state index contributed by atoms with van der Waals surface area (Å²) in [7, 11) is 0. The number of urea groups is 1. The van der Waals surface area contributed by atoms with Crippen molar-refractivity contribution in [1.82, 2.24) is 10.2 Å². The highest BCUT2D eigenvalue weighted by atomic mass is 19.1. The molecule has 1 aliphatic rings. The van der Waals surface area contributed by atoms with Crippen molar-refractivity contribution >= 4 is 11.9 Å². The number of carbonyl (C=O) groups is 2. The summed E-state index contributed by atoms with van der Waals surface area (Å²) in [5.41, 5.74) is -0.550. The first kappa shape index (κ1) is 20.3. The molecule has 0 spiro atoms. The van der Waals surface area contributed by atoms with E-state index in [0.717, 1.165) is 11.3 Å². The van der Waals surface area contributed by atoms with Gasteiger partial charge >= 0.3 is 6.03 Å². The van der Waals surface area contributed by atoms with Gasteiger partial charge in [0.1, 0.15) is 11.4 Å². The Kier molecular flexibility index (Phi) is 6.72. The molecule has 3 amide bonds. The molecule has 0 saturated carbocycles. The molecular weight excluding hydrogens is 339 g/mol. The molecule has 144 valence electrons. The number of halogens is 1. The lowest BCUT2D eigenvalue weighted by Gasteiger charge is -2.23. The fraction of sp³-hybridized carbons (Fsp3) is 0.579. The van der Waals surface area contributed by atoms with E-state index in [1.54, 1.807) is 25.1 Å². The molecule has 1 aromatic rings. The predicted molar refractivity (Wildman–Crippen MR) is 94.8 cm³/mol. The Labute approximate surface area is 153 Å². The van der Waals surface area contributed by atoms with E-state index >= 15 is 0 Å². The summed E-state index contributed by atoms with van der Waals surface area (Å²) in [5.74, 6) is -0.295. The summed E-state index contributed by atoms with van der Waals surface area (Å²) in [4.78, 5) is 25.7. The third kappa shape index (κ3) is 5.02. The van der Waals surface area contributed by atoms with Gasteiger partial charge in [-0.2, -0.15) is 0 Å². The Balaban J connectivity index is 1.84. The van der Waals surface area contributed by atoms with Crippen molar-refractivity contribution in [3.63, 3.8) is 0 Å². The van der Waals surface area contributed by atoms with Crippen molar-refractivity contribution in [2.75, 3.05) is 13.2 Å². The Morgan fingerprint density at radius 3 is 2.65 bits per heavy atom. The van der Waals surface area contributed by atoms with Crippen molar-refractivity contribution in [3.8, 4) is 0 Å². The molecule has 2 atom stereocenters. The zero-order chi connectivity index (χ0) is 19.3. The molecule has 1 heterocycles. The largest absolute Gasteiger partial charge is 0.389 e. The topological polar surface area (TPSA) is 78.9 Å². The van der Waals surface area contributed by atoms with Crippen LogP contribution in [0.1, 0.15) is 39.2 Å². The Bertz CT molecular complexity index is 652. The van der Waals surface area contributed by atoms with E-state index in [-0.39, 0.29) is 31.5 Å². The Morgan fingerprint density at radius 2 is 2.00 bits per heavy atom. The molecule has 2 rings (SSSR count). The fourth-order valence-corrected chi connectivity index (χ4v) is 2.84. The lowest BCUT2D eigenvalue weighted by molar-refractivity contribution is -0.132. The van der Waals surface area contributed by atoms with Gasteiger partial charge in [0, 0.05) is 5.56 Å². The predicted octanol–water partition coefficient (Wildman–Crippen LogP) is 2.45. The molecule has 2 N–H and O–H groups in total. The number of carbonyl (C=O) groups excluding carboxylic acids is 2. The number of imide groups is 1. The number of hydrogen-bond acceptors (Lipinski definition) is 4. The number of rotatable bonds is 9. The molecule has 1 saturated heterocycles. The third-order valence-corrected chi connectivity index (χ3v) is 4.49. The summed E-state index contributed by atoms with van der Waals surface area (Å²) >= 11 is 0. The van der Waals surface area contributed by atoms with Crippen LogP contribution in [0.4, 0.5) is 9.18 Å². The molecule has 1 aromatic carbocycles. The van der Waals surface area contributed by atoms with Crippen LogP contribution < -0.4 is 5.32 Å². The van der Waals surface area contributed by atoms with Gasteiger partial charge in [0.25, 0.3) is 5.91 Å². The zero-order valence-electron chi connectivity index (χ0n) is 15.5. The SMILES string of the molecule is CC(C)CC[C@]1(C)NC(=O)N(C[C@H](O)COCc2ccccc2F)C1=O. The highest BCUT2D eigenvalue weighted by Gasteiger charge is 2.47. The zero-order valence-corrected chi connectivity index (χ0v) is 15.5. The summed E-state index contributed by atoms with van der Waals surface area (Å²) in [5, 5.41) is 12.8. The summed E-state index contributed by atoms with van der Waals surface area (Å²) in [6, 6.07) is 5.71. The molecule has 1 aliphatic heterocycles. The second-order valence-corrected chi connectivity index (χ2v) is 7.37. The quantitative estimate of drug-likeness (QED) is 0.658. The van der Waals surface area contributed by atoms with Gasteiger partial charge in [0.2, 0.25) is 0 Å². The number of aliphatic hydroxyl groups excluding tert-OH is 1. The number of ether oxygens (including phenoxy) is 1. The normalized spacial score (nSPS) is 21.4. The molecule has 0 unspecified atom stereocenters. The molecule has 0 aromatic heterocycles.